The average Bonchev–Trinajstić information content (AvgIpc) is 2.96. The standard InChI is InChI=1S/C15H11F2N3O/c16-11-6-10(7-12(17)8-11)14-19-15(21-20-14)13(18)9-4-2-1-3-5-9/h1-8,13H,18H2/t13-/m0/s1. The summed E-state index contributed by atoms with van der Waals surface area (Å²) in [6.45, 7) is 0. The molecule has 0 aliphatic heterocycles. The van der Waals surface area contributed by atoms with Crippen molar-refractivity contribution in [3.63, 3.8) is 0 Å². The molecule has 0 radical (unpaired) electrons. The highest BCUT2D eigenvalue weighted by Gasteiger charge is 2.18. The second-order valence-corrected chi connectivity index (χ2v) is 4.50. The van der Waals surface area contributed by atoms with Crippen molar-refractivity contribution in [1.82, 2.24) is 10.1 Å². The molecule has 6 heteroatoms. The summed E-state index contributed by atoms with van der Waals surface area (Å²) in [5, 5.41) is 3.72. The van der Waals surface area contributed by atoms with E-state index in [1.54, 1.807) is 0 Å². The number of nitrogens with two attached hydrogens (primary N) is 1. The van der Waals surface area contributed by atoms with Crippen molar-refractivity contribution >= 4 is 0 Å². The van der Waals surface area contributed by atoms with Crippen LogP contribution < -0.4 is 5.73 Å². The molecule has 21 heavy (non-hydrogen) atoms. The first-order valence-electron chi connectivity index (χ1n) is 6.24. The minimum atomic E-state index is -0.705. The summed E-state index contributed by atoms with van der Waals surface area (Å²) in [6, 6.07) is 11.7. The molecule has 1 atom stereocenters. The Kier molecular flexibility index (Phi) is 3.45. The molecule has 2 aromatic carbocycles. The molecule has 0 spiro atoms. The molecule has 3 aromatic rings. The molecule has 1 aromatic heterocycles. The first-order chi connectivity index (χ1) is 10.1. The molecule has 106 valence electrons. The highest BCUT2D eigenvalue weighted by molar-refractivity contribution is 5.54. The molecule has 0 aliphatic carbocycles. The fourth-order valence-electron chi connectivity index (χ4n) is 1.96. The van der Waals surface area contributed by atoms with Gasteiger partial charge in [0.05, 0.1) is 0 Å². The molecule has 2 N–H and O–H groups in total. The van der Waals surface area contributed by atoms with Crippen LogP contribution in [0.2, 0.25) is 0 Å². The van der Waals surface area contributed by atoms with Crippen LogP contribution in [0.4, 0.5) is 8.78 Å². The predicted octanol–water partition coefficient (Wildman–Crippen LogP) is 3.06. The number of aromatic nitrogens is 2. The van der Waals surface area contributed by atoms with E-state index >= 15 is 0 Å². The highest BCUT2D eigenvalue weighted by atomic mass is 19.1. The average molecular weight is 287 g/mol. The molecule has 1 heterocycles. The van der Waals surface area contributed by atoms with E-state index in [4.69, 9.17) is 10.3 Å². The second kappa shape index (κ2) is 5.41. The van der Waals surface area contributed by atoms with Crippen LogP contribution in [0, 0.1) is 11.6 Å². The van der Waals surface area contributed by atoms with Gasteiger partial charge >= 0.3 is 0 Å². The van der Waals surface area contributed by atoms with E-state index in [9.17, 15) is 8.78 Å². The topological polar surface area (TPSA) is 64.9 Å². The smallest absolute Gasteiger partial charge is 0.248 e. The van der Waals surface area contributed by atoms with Gasteiger partial charge in [0.1, 0.15) is 17.7 Å². The van der Waals surface area contributed by atoms with Crippen molar-refractivity contribution in [2.24, 2.45) is 5.73 Å². The van der Waals surface area contributed by atoms with Gasteiger partial charge in [0.2, 0.25) is 11.7 Å². The number of rotatable bonds is 3. The lowest BCUT2D eigenvalue weighted by atomic mass is 10.1. The predicted molar refractivity (Wildman–Crippen MR) is 72.1 cm³/mol. The lowest BCUT2D eigenvalue weighted by molar-refractivity contribution is 0.367. The molecule has 0 saturated carbocycles. The fourth-order valence-corrected chi connectivity index (χ4v) is 1.96. The Bertz CT molecular complexity index is 738. The van der Waals surface area contributed by atoms with Crippen molar-refractivity contribution in [2.45, 2.75) is 6.04 Å². The van der Waals surface area contributed by atoms with Gasteiger partial charge in [0, 0.05) is 11.6 Å². The van der Waals surface area contributed by atoms with Gasteiger partial charge in [-0.3, -0.25) is 0 Å². The van der Waals surface area contributed by atoms with E-state index in [0.717, 1.165) is 23.8 Å². The third kappa shape index (κ3) is 2.80. The van der Waals surface area contributed by atoms with Gasteiger partial charge in [0.15, 0.2) is 0 Å². The summed E-state index contributed by atoms with van der Waals surface area (Å²) < 4.78 is 31.5. The minimum absolute atomic E-state index is 0.0924. The molecule has 0 unspecified atom stereocenters. The summed E-state index contributed by atoms with van der Waals surface area (Å²) >= 11 is 0. The van der Waals surface area contributed by atoms with Crippen LogP contribution in [0.25, 0.3) is 11.4 Å². The van der Waals surface area contributed by atoms with E-state index in [1.807, 2.05) is 30.3 Å². The van der Waals surface area contributed by atoms with Crippen molar-refractivity contribution in [1.29, 1.82) is 0 Å². The molecule has 0 saturated heterocycles. The van der Waals surface area contributed by atoms with Crippen molar-refractivity contribution in [3.05, 3.63) is 71.6 Å². The van der Waals surface area contributed by atoms with Gasteiger partial charge in [-0.1, -0.05) is 35.5 Å². The first kappa shape index (κ1) is 13.4. The summed E-state index contributed by atoms with van der Waals surface area (Å²) in [5.74, 6) is -1.14. The molecule has 3 rings (SSSR count). The van der Waals surface area contributed by atoms with Crippen LogP contribution in [-0.2, 0) is 0 Å². The van der Waals surface area contributed by atoms with Crippen LogP contribution in [0.15, 0.2) is 53.1 Å². The summed E-state index contributed by atoms with van der Waals surface area (Å²) in [5.41, 5.74) is 7.02. The maximum Gasteiger partial charge on any atom is 0.248 e. The Morgan fingerprint density at radius 1 is 1.00 bits per heavy atom. The van der Waals surface area contributed by atoms with E-state index in [1.165, 1.54) is 0 Å². The number of hydrogen-bond donors (Lipinski definition) is 1. The summed E-state index contributed by atoms with van der Waals surface area (Å²) in [6.07, 6.45) is 0. The Morgan fingerprint density at radius 3 is 2.33 bits per heavy atom. The van der Waals surface area contributed by atoms with Crippen LogP contribution >= 0.6 is 0 Å². The molecule has 0 bridgehead atoms. The van der Waals surface area contributed by atoms with Gasteiger partial charge in [-0.2, -0.15) is 4.98 Å². The van der Waals surface area contributed by atoms with E-state index in [0.29, 0.717) is 0 Å². The highest BCUT2D eigenvalue weighted by Crippen LogP contribution is 2.23. The quantitative estimate of drug-likeness (QED) is 0.804. The lowest BCUT2D eigenvalue weighted by Crippen LogP contribution is -2.11. The van der Waals surface area contributed by atoms with E-state index < -0.39 is 17.7 Å². The van der Waals surface area contributed by atoms with Crippen molar-refractivity contribution < 1.29 is 13.3 Å². The molecular formula is C15H11F2N3O. The summed E-state index contributed by atoms with van der Waals surface area (Å²) in [7, 11) is 0. The maximum absolute atomic E-state index is 13.2. The SMILES string of the molecule is N[C@@H](c1ccccc1)c1nc(-c2cc(F)cc(F)c2)no1. The number of benzene rings is 2. The largest absolute Gasteiger partial charge is 0.337 e. The number of nitrogens with zero attached hydrogens (tertiary/aromatic N) is 2. The van der Waals surface area contributed by atoms with Gasteiger partial charge in [0.25, 0.3) is 0 Å². The van der Waals surface area contributed by atoms with E-state index in [-0.39, 0.29) is 17.3 Å². The molecular weight excluding hydrogens is 276 g/mol. The summed E-state index contributed by atoms with van der Waals surface area (Å²) in [4.78, 5) is 4.10. The number of hydrogen-bond acceptors (Lipinski definition) is 4. The van der Waals surface area contributed by atoms with Gasteiger partial charge in [-0.15, -0.1) is 0 Å². The third-order valence-electron chi connectivity index (χ3n) is 2.99. The first-order valence-corrected chi connectivity index (χ1v) is 6.24. The molecule has 4 nitrogen and oxygen atoms in total. The van der Waals surface area contributed by atoms with E-state index in [2.05, 4.69) is 10.1 Å². The van der Waals surface area contributed by atoms with Crippen LogP contribution in [0.3, 0.4) is 0 Å². The van der Waals surface area contributed by atoms with Gasteiger partial charge < -0.3 is 10.3 Å². The monoisotopic (exact) mass is 287 g/mol. The van der Waals surface area contributed by atoms with Crippen molar-refractivity contribution in [3.8, 4) is 11.4 Å². The molecule has 0 amide bonds. The zero-order chi connectivity index (χ0) is 14.8. The fraction of sp³-hybridized carbons (Fsp3) is 0.0667. The maximum atomic E-state index is 13.2. The van der Waals surface area contributed by atoms with Crippen LogP contribution in [0.1, 0.15) is 17.5 Å². The second-order valence-electron chi connectivity index (χ2n) is 4.50. The van der Waals surface area contributed by atoms with Gasteiger partial charge in [-0.05, 0) is 17.7 Å². The third-order valence-corrected chi connectivity index (χ3v) is 2.99. The molecule has 0 fully saturated rings. The van der Waals surface area contributed by atoms with Crippen LogP contribution in [-0.4, -0.2) is 10.1 Å². The molecule has 0 aliphatic rings. The van der Waals surface area contributed by atoms with Gasteiger partial charge in [-0.25, -0.2) is 8.78 Å². The normalized spacial score (nSPS) is 12.3. The number of halogens is 2. The Hall–Kier alpha value is -2.60. The minimum Gasteiger partial charge on any atom is -0.337 e. The Morgan fingerprint density at radius 2 is 1.67 bits per heavy atom. The Balaban J connectivity index is 1.93. The van der Waals surface area contributed by atoms with Crippen LogP contribution in [0.5, 0.6) is 0 Å². The zero-order valence-electron chi connectivity index (χ0n) is 10.8. The lowest BCUT2D eigenvalue weighted by Gasteiger charge is -2.05. The zero-order valence-corrected chi connectivity index (χ0v) is 10.8. The Labute approximate surface area is 119 Å². The van der Waals surface area contributed by atoms with Crippen molar-refractivity contribution in [2.75, 3.05) is 0 Å².